The summed E-state index contributed by atoms with van der Waals surface area (Å²) in [5.74, 6) is 0.901. The first-order chi connectivity index (χ1) is 11.7. The van der Waals surface area contributed by atoms with E-state index in [9.17, 15) is 4.39 Å². The summed E-state index contributed by atoms with van der Waals surface area (Å²) in [6, 6.07) is 16.2. The molecule has 0 saturated carbocycles. The van der Waals surface area contributed by atoms with Gasteiger partial charge in [0.05, 0.1) is 5.69 Å². The van der Waals surface area contributed by atoms with E-state index >= 15 is 0 Å². The van der Waals surface area contributed by atoms with E-state index in [2.05, 4.69) is 15.1 Å². The molecule has 0 fully saturated rings. The zero-order valence-electron chi connectivity index (χ0n) is 12.8. The van der Waals surface area contributed by atoms with Crippen molar-refractivity contribution in [1.29, 1.82) is 0 Å². The van der Waals surface area contributed by atoms with Crippen molar-refractivity contribution in [2.24, 2.45) is 0 Å². The van der Waals surface area contributed by atoms with Gasteiger partial charge in [-0.25, -0.2) is 9.37 Å². The summed E-state index contributed by atoms with van der Waals surface area (Å²) < 4.78 is 21.1. The van der Waals surface area contributed by atoms with Crippen molar-refractivity contribution >= 4 is 5.78 Å². The Balaban J connectivity index is 1.81. The van der Waals surface area contributed by atoms with Crippen LogP contribution in [-0.2, 0) is 0 Å². The molecule has 0 atom stereocenters. The van der Waals surface area contributed by atoms with Gasteiger partial charge in [-0.15, -0.1) is 0 Å². The molecular formula is C18H13FN4O. The van der Waals surface area contributed by atoms with Crippen LogP contribution < -0.4 is 4.74 Å². The van der Waals surface area contributed by atoms with Crippen LogP contribution in [0.2, 0.25) is 0 Å². The van der Waals surface area contributed by atoms with Crippen molar-refractivity contribution in [3.05, 3.63) is 72.3 Å². The second-order valence-electron chi connectivity index (χ2n) is 5.33. The van der Waals surface area contributed by atoms with Crippen LogP contribution >= 0.6 is 0 Å². The molecule has 0 amide bonds. The number of rotatable bonds is 3. The van der Waals surface area contributed by atoms with Gasteiger partial charge in [0.1, 0.15) is 17.9 Å². The Labute approximate surface area is 137 Å². The lowest BCUT2D eigenvalue weighted by Crippen LogP contribution is -1.99. The monoisotopic (exact) mass is 320 g/mol. The zero-order valence-corrected chi connectivity index (χ0v) is 12.8. The highest BCUT2D eigenvalue weighted by Gasteiger charge is 2.11. The second-order valence-corrected chi connectivity index (χ2v) is 5.33. The van der Waals surface area contributed by atoms with Crippen molar-refractivity contribution < 1.29 is 9.13 Å². The second kappa shape index (κ2) is 5.73. The number of hydrogen-bond acceptors (Lipinski definition) is 4. The fraction of sp³-hybridized carbons (Fsp3) is 0.0556. The van der Waals surface area contributed by atoms with Gasteiger partial charge in [0.25, 0.3) is 5.78 Å². The molecule has 2 aromatic heterocycles. The number of fused-ring (bicyclic) bond motifs is 1. The average molecular weight is 320 g/mol. The molecule has 5 nitrogen and oxygen atoms in total. The Morgan fingerprint density at radius 2 is 1.88 bits per heavy atom. The predicted octanol–water partition coefficient (Wildman–Crippen LogP) is 4.03. The van der Waals surface area contributed by atoms with Gasteiger partial charge >= 0.3 is 0 Å². The Hall–Kier alpha value is -3.28. The SMILES string of the molecule is Cc1ccc(Oc2cc(-c3ccccc3)nc3ncnn23)cc1F. The van der Waals surface area contributed by atoms with Gasteiger partial charge in [-0.05, 0) is 18.6 Å². The van der Waals surface area contributed by atoms with Crippen LogP contribution in [0.25, 0.3) is 17.0 Å². The molecule has 0 N–H and O–H groups in total. The average Bonchev–Trinajstić information content (AvgIpc) is 3.08. The summed E-state index contributed by atoms with van der Waals surface area (Å²) in [5, 5.41) is 4.11. The lowest BCUT2D eigenvalue weighted by atomic mass is 10.1. The van der Waals surface area contributed by atoms with Crippen molar-refractivity contribution in [2.45, 2.75) is 6.92 Å². The first kappa shape index (κ1) is 14.3. The smallest absolute Gasteiger partial charge is 0.255 e. The van der Waals surface area contributed by atoms with Crippen LogP contribution in [0.4, 0.5) is 4.39 Å². The number of hydrogen-bond donors (Lipinski definition) is 0. The highest BCUT2D eigenvalue weighted by molar-refractivity contribution is 5.62. The summed E-state index contributed by atoms with van der Waals surface area (Å²) in [7, 11) is 0. The summed E-state index contributed by atoms with van der Waals surface area (Å²) in [6.45, 7) is 1.70. The first-order valence-corrected chi connectivity index (χ1v) is 7.41. The fourth-order valence-electron chi connectivity index (χ4n) is 2.37. The predicted molar refractivity (Wildman–Crippen MR) is 87.4 cm³/mol. The Morgan fingerprint density at radius 3 is 2.67 bits per heavy atom. The van der Waals surface area contributed by atoms with E-state index < -0.39 is 0 Å². The van der Waals surface area contributed by atoms with Gasteiger partial charge in [0.2, 0.25) is 5.88 Å². The maximum absolute atomic E-state index is 13.8. The number of ether oxygens (including phenoxy) is 1. The molecule has 0 saturated heterocycles. The first-order valence-electron chi connectivity index (χ1n) is 7.41. The number of aryl methyl sites for hydroxylation is 1. The summed E-state index contributed by atoms with van der Waals surface area (Å²) in [5.41, 5.74) is 2.20. The molecule has 4 rings (SSSR count). The van der Waals surface area contributed by atoms with E-state index in [1.54, 1.807) is 25.1 Å². The van der Waals surface area contributed by atoms with E-state index in [-0.39, 0.29) is 5.82 Å². The van der Waals surface area contributed by atoms with Crippen LogP contribution in [0.5, 0.6) is 11.6 Å². The molecule has 0 spiro atoms. The van der Waals surface area contributed by atoms with E-state index in [4.69, 9.17) is 4.74 Å². The Bertz CT molecular complexity index is 1010. The van der Waals surface area contributed by atoms with Gasteiger partial charge < -0.3 is 4.74 Å². The minimum atomic E-state index is -0.320. The minimum Gasteiger partial charge on any atom is -0.439 e. The van der Waals surface area contributed by atoms with Gasteiger partial charge in [-0.2, -0.15) is 14.6 Å². The van der Waals surface area contributed by atoms with Gasteiger partial charge in [-0.3, -0.25) is 0 Å². The lowest BCUT2D eigenvalue weighted by molar-refractivity contribution is 0.442. The third-order valence-corrected chi connectivity index (χ3v) is 3.65. The molecule has 6 heteroatoms. The molecule has 0 radical (unpaired) electrons. The number of aromatic nitrogens is 4. The molecule has 0 aliphatic heterocycles. The maximum atomic E-state index is 13.8. The normalized spacial score (nSPS) is 10.9. The summed E-state index contributed by atoms with van der Waals surface area (Å²) in [4.78, 5) is 8.60. The lowest BCUT2D eigenvalue weighted by Gasteiger charge is -2.09. The third-order valence-electron chi connectivity index (χ3n) is 3.65. The molecule has 0 aliphatic rings. The molecule has 2 heterocycles. The van der Waals surface area contributed by atoms with E-state index in [1.165, 1.54) is 16.9 Å². The largest absolute Gasteiger partial charge is 0.439 e. The zero-order chi connectivity index (χ0) is 16.5. The standard InChI is InChI=1S/C18H13FN4O/c1-12-7-8-14(9-15(12)19)24-17-10-16(13-5-3-2-4-6-13)22-18-20-11-21-23(17)18/h2-11H,1H3. The molecule has 0 unspecified atom stereocenters. The molecule has 2 aromatic carbocycles. The number of nitrogens with zero attached hydrogens (tertiary/aromatic N) is 4. The van der Waals surface area contributed by atoms with E-state index in [1.807, 2.05) is 30.3 Å². The molecule has 118 valence electrons. The maximum Gasteiger partial charge on any atom is 0.255 e. The van der Waals surface area contributed by atoms with Gasteiger partial charge in [0.15, 0.2) is 0 Å². The van der Waals surface area contributed by atoms with Crippen LogP contribution in [0.3, 0.4) is 0 Å². The molecule has 0 bridgehead atoms. The summed E-state index contributed by atoms with van der Waals surface area (Å²) >= 11 is 0. The van der Waals surface area contributed by atoms with Crippen LogP contribution in [-0.4, -0.2) is 19.6 Å². The Kier molecular flexibility index (Phi) is 3.42. The molecule has 24 heavy (non-hydrogen) atoms. The van der Waals surface area contributed by atoms with Crippen LogP contribution in [0, 0.1) is 12.7 Å². The fourth-order valence-corrected chi connectivity index (χ4v) is 2.37. The van der Waals surface area contributed by atoms with Gasteiger partial charge in [0, 0.05) is 17.7 Å². The number of halogens is 1. The third kappa shape index (κ3) is 2.58. The molecular weight excluding hydrogens is 307 g/mol. The van der Waals surface area contributed by atoms with Crippen molar-refractivity contribution in [3.63, 3.8) is 0 Å². The van der Waals surface area contributed by atoms with Gasteiger partial charge in [-0.1, -0.05) is 36.4 Å². The van der Waals surface area contributed by atoms with E-state index in [0.717, 1.165) is 5.56 Å². The Morgan fingerprint density at radius 1 is 1.04 bits per heavy atom. The van der Waals surface area contributed by atoms with Crippen LogP contribution in [0.1, 0.15) is 5.56 Å². The minimum absolute atomic E-state index is 0.320. The molecule has 4 aromatic rings. The summed E-state index contributed by atoms with van der Waals surface area (Å²) in [6.07, 6.45) is 1.40. The van der Waals surface area contributed by atoms with Crippen molar-refractivity contribution in [2.75, 3.05) is 0 Å². The molecule has 0 aliphatic carbocycles. The van der Waals surface area contributed by atoms with Crippen LogP contribution in [0.15, 0.2) is 60.9 Å². The van der Waals surface area contributed by atoms with Crippen molar-refractivity contribution in [3.8, 4) is 22.9 Å². The quantitative estimate of drug-likeness (QED) is 0.572. The van der Waals surface area contributed by atoms with Crippen molar-refractivity contribution in [1.82, 2.24) is 19.6 Å². The number of benzene rings is 2. The topological polar surface area (TPSA) is 52.3 Å². The highest BCUT2D eigenvalue weighted by Crippen LogP contribution is 2.27. The highest BCUT2D eigenvalue weighted by atomic mass is 19.1. The van der Waals surface area contributed by atoms with E-state index in [0.29, 0.717) is 28.7 Å².